The number of benzene rings is 1. The first kappa shape index (κ1) is 11.2. The highest BCUT2D eigenvalue weighted by Crippen LogP contribution is 2.24. The van der Waals surface area contributed by atoms with Crippen molar-refractivity contribution in [1.82, 2.24) is 5.32 Å². The summed E-state index contributed by atoms with van der Waals surface area (Å²) in [5, 5.41) is 3.53. The fraction of sp³-hybridized carbons (Fsp3) is 0.500. The molecular formula is C12H17IN2. The average Bonchev–Trinajstić information content (AvgIpc) is 2.17. The molecule has 1 aromatic rings. The lowest BCUT2D eigenvalue weighted by Gasteiger charge is -2.40. The number of hydrogen-bond acceptors (Lipinski definition) is 2. The number of halogens is 1. The lowest BCUT2D eigenvalue weighted by molar-refractivity contribution is 0.353. The van der Waals surface area contributed by atoms with Crippen molar-refractivity contribution in [3.63, 3.8) is 0 Å². The minimum absolute atomic E-state index is 0.219. The summed E-state index contributed by atoms with van der Waals surface area (Å²) in [6.07, 6.45) is 0. The maximum absolute atomic E-state index is 3.53. The van der Waals surface area contributed by atoms with Crippen LogP contribution in [0.3, 0.4) is 0 Å². The van der Waals surface area contributed by atoms with Gasteiger partial charge in [-0.15, -0.1) is 0 Å². The van der Waals surface area contributed by atoms with Gasteiger partial charge >= 0.3 is 0 Å². The van der Waals surface area contributed by atoms with E-state index in [2.05, 4.69) is 70.9 Å². The molecule has 1 N–H and O–H groups in total. The summed E-state index contributed by atoms with van der Waals surface area (Å²) in [5.41, 5.74) is 1.59. The molecule has 0 saturated carbocycles. The standard InChI is InChI=1S/C12H17IN2/c1-12(2)9-15(8-7-14-12)11-6-4-3-5-10(11)13/h3-6,14H,7-9H2,1-2H3. The third-order valence-corrected chi connectivity index (χ3v) is 3.68. The molecule has 82 valence electrons. The molecule has 1 aromatic carbocycles. The summed E-state index contributed by atoms with van der Waals surface area (Å²) in [5.74, 6) is 0. The number of piperazine rings is 1. The highest BCUT2D eigenvalue weighted by atomic mass is 127. The zero-order valence-electron chi connectivity index (χ0n) is 9.26. The smallest absolute Gasteiger partial charge is 0.0502 e. The predicted molar refractivity (Wildman–Crippen MR) is 73.5 cm³/mol. The van der Waals surface area contributed by atoms with E-state index in [1.54, 1.807) is 0 Å². The SMILES string of the molecule is CC1(C)CN(c2ccccc2I)CCN1. The molecule has 1 aliphatic rings. The number of nitrogens with one attached hydrogen (secondary N) is 1. The van der Waals surface area contributed by atoms with Crippen LogP contribution >= 0.6 is 22.6 Å². The van der Waals surface area contributed by atoms with Gasteiger partial charge in [0, 0.05) is 28.7 Å². The Bertz CT molecular complexity index is 349. The van der Waals surface area contributed by atoms with Gasteiger partial charge in [0.25, 0.3) is 0 Å². The van der Waals surface area contributed by atoms with E-state index in [1.165, 1.54) is 9.26 Å². The topological polar surface area (TPSA) is 15.3 Å². The highest BCUT2D eigenvalue weighted by molar-refractivity contribution is 14.1. The van der Waals surface area contributed by atoms with E-state index in [1.807, 2.05) is 0 Å². The van der Waals surface area contributed by atoms with Crippen LogP contribution in [0.1, 0.15) is 13.8 Å². The molecule has 1 fully saturated rings. The Morgan fingerprint density at radius 2 is 2.07 bits per heavy atom. The monoisotopic (exact) mass is 316 g/mol. The molecule has 0 unspecified atom stereocenters. The van der Waals surface area contributed by atoms with Crippen molar-refractivity contribution < 1.29 is 0 Å². The minimum atomic E-state index is 0.219. The first-order chi connectivity index (χ1) is 7.08. The summed E-state index contributed by atoms with van der Waals surface area (Å²) in [4.78, 5) is 2.47. The molecule has 2 nitrogen and oxygen atoms in total. The van der Waals surface area contributed by atoms with Crippen molar-refractivity contribution in [2.24, 2.45) is 0 Å². The molecule has 0 aromatic heterocycles. The maximum Gasteiger partial charge on any atom is 0.0502 e. The number of hydrogen-bond donors (Lipinski definition) is 1. The Morgan fingerprint density at radius 3 is 2.73 bits per heavy atom. The van der Waals surface area contributed by atoms with Crippen molar-refractivity contribution in [1.29, 1.82) is 0 Å². The first-order valence-corrected chi connectivity index (χ1v) is 6.41. The van der Waals surface area contributed by atoms with E-state index < -0.39 is 0 Å². The quantitative estimate of drug-likeness (QED) is 0.801. The first-order valence-electron chi connectivity index (χ1n) is 5.33. The van der Waals surface area contributed by atoms with Crippen LogP contribution in [0.25, 0.3) is 0 Å². The van der Waals surface area contributed by atoms with Crippen LogP contribution in [0.5, 0.6) is 0 Å². The Kier molecular flexibility index (Phi) is 3.21. The van der Waals surface area contributed by atoms with Crippen molar-refractivity contribution >= 4 is 28.3 Å². The third-order valence-electron chi connectivity index (χ3n) is 2.76. The Hall–Kier alpha value is -0.290. The van der Waals surface area contributed by atoms with Crippen LogP contribution in [0, 0.1) is 3.57 Å². The summed E-state index contributed by atoms with van der Waals surface area (Å²) in [7, 11) is 0. The van der Waals surface area contributed by atoms with Crippen molar-refractivity contribution in [2.45, 2.75) is 19.4 Å². The van der Waals surface area contributed by atoms with E-state index in [-0.39, 0.29) is 5.54 Å². The van der Waals surface area contributed by atoms with Crippen LogP contribution < -0.4 is 10.2 Å². The van der Waals surface area contributed by atoms with Gasteiger partial charge in [-0.3, -0.25) is 0 Å². The van der Waals surface area contributed by atoms with Gasteiger partial charge in [-0.2, -0.15) is 0 Å². The minimum Gasteiger partial charge on any atom is -0.368 e. The molecule has 2 rings (SSSR count). The van der Waals surface area contributed by atoms with Crippen LogP contribution in [0.15, 0.2) is 24.3 Å². The molecule has 0 bridgehead atoms. The lowest BCUT2D eigenvalue weighted by atomic mass is 10.0. The van der Waals surface area contributed by atoms with Gasteiger partial charge in [0.05, 0.1) is 5.69 Å². The molecule has 3 heteroatoms. The van der Waals surface area contributed by atoms with E-state index in [0.717, 1.165) is 19.6 Å². The summed E-state index contributed by atoms with van der Waals surface area (Å²) < 4.78 is 1.34. The van der Waals surface area contributed by atoms with Crippen molar-refractivity contribution in [2.75, 3.05) is 24.5 Å². The van der Waals surface area contributed by atoms with Gasteiger partial charge in [0.2, 0.25) is 0 Å². The van der Waals surface area contributed by atoms with Crippen molar-refractivity contribution in [3.8, 4) is 0 Å². The van der Waals surface area contributed by atoms with Crippen LogP contribution in [0.2, 0.25) is 0 Å². The van der Waals surface area contributed by atoms with Gasteiger partial charge in [0.15, 0.2) is 0 Å². The molecule has 15 heavy (non-hydrogen) atoms. The van der Waals surface area contributed by atoms with Gasteiger partial charge in [0.1, 0.15) is 0 Å². The molecule has 0 atom stereocenters. The molecule has 0 spiro atoms. The number of nitrogens with zero attached hydrogens (tertiary/aromatic N) is 1. The van der Waals surface area contributed by atoms with E-state index >= 15 is 0 Å². The van der Waals surface area contributed by atoms with Gasteiger partial charge in [-0.05, 0) is 48.6 Å². The fourth-order valence-electron chi connectivity index (χ4n) is 2.06. The normalized spacial score (nSPS) is 20.3. The molecule has 0 amide bonds. The average molecular weight is 316 g/mol. The third kappa shape index (κ3) is 2.64. The van der Waals surface area contributed by atoms with Gasteiger partial charge in [-0.1, -0.05) is 12.1 Å². The number of anilines is 1. The van der Waals surface area contributed by atoms with Crippen LogP contribution in [0.4, 0.5) is 5.69 Å². The van der Waals surface area contributed by atoms with Crippen LogP contribution in [-0.4, -0.2) is 25.2 Å². The van der Waals surface area contributed by atoms with Crippen LogP contribution in [-0.2, 0) is 0 Å². The second-order valence-electron chi connectivity index (χ2n) is 4.68. The molecule has 1 aliphatic heterocycles. The van der Waals surface area contributed by atoms with Crippen molar-refractivity contribution in [3.05, 3.63) is 27.8 Å². The van der Waals surface area contributed by atoms with E-state index in [9.17, 15) is 0 Å². The second-order valence-corrected chi connectivity index (χ2v) is 5.85. The molecule has 1 heterocycles. The largest absolute Gasteiger partial charge is 0.368 e. The van der Waals surface area contributed by atoms with Gasteiger partial charge in [-0.25, -0.2) is 0 Å². The Morgan fingerprint density at radius 1 is 1.33 bits per heavy atom. The number of para-hydroxylation sites is 1. The zero-order chi connectivity index (χ0) is 10.9. The maximum atomic E-state index is 3.53. The van der Waals surface area contributed by atoms with E-state index in [4.69, 9.17) is 0 Å². The zero-order valence-corrected chi connectivity index (χ0v) is 11.4. The molecule has 0 radical (unpaired) electrons. The lowest BCUT2D eigenvalue weighted by Crippen LogP contribution is -2.57. The van der Waals surface area contributed by atoms with Gasteiger partial charge < -0.3 is 10.2 Å². The molecule has 1 saturated heterocycles. The second kappa shape index (κ2) is 4.29. The Labute approximate surface area is 105 Å². The molecular weight excluding hydrogens is 299 g/mol. The highest BCUT2D eigenvalue weighted by Gasteiger charge is 2.26. The van der Waals surface area contributed by atoms with E-state index in [0.29, 0.717) is 0 Å². The molecule has 0 aliphatic carbocycles. The summed E-state index contributed by atoms with van der Waals surface area (Å²) >= 11 is 2.41. The summed E-state index contributed by atoms with van der Waals surface area (Å²) in [6, 6.07) is 8.60. The summed E-state index contributed by atoms with van der Waals surface area (Å²) in [6.45, 7) is 7.76. The number of rotatable bonds is 1. The predicted octanol–water partition coefficient (Wildman–Crippen LogP) is 2.48. The fourth-order valence-corrected chi connectivity index (χ4v) is 2.78. The Balaban J connectivity index is 2.21.